The summed E-state index contributed by atoms with van der Waals surface area (Å²) in [7, 11) is 0. The molecule has 0 aromatic carbocycles. The second kappa shape index (κ2) is 46.4. The van der Waals surface area contributed by atoms with Gasteiger partial charge in [-0.2, -0.15) is 0 Å². The van der Waals surface area contributed by atoms with E-state index in [1.54, 1.807) is 0 Å². The predicted molar refractivity (Wildman–Crippen MR) is 283 cm³/mol. The molecule has 0 fully saturated rings. The van der Waals surface area contributed by atoms with Gasteiger partial charge in [0.2, 0.25) is 0 Å². The third kappa shape index (κ3) is 35.7. The maximum atomic E-state index is 13.5. The highest BCUT2D eigenvalue weighted by molar-refractivity contribution is 5.69. The number of allylic oxidation sites excluding steroid dienone is 6. The van der Waals surface area contributed by atoms with Crippen molar-refractivity contribution in [3.05, 3.63) is 67.9 Å². The highest BCUT2D eigenvalue weighted by atomic mass is 16.5. The molecule has 1 heterocycles. The molecule has 1 aromatic rings. The summed E-state index contributed by atoms with van der Waals surface area (Å²) in [5.41, 5.74) is -2.68. The van der Waals surface area contributed by atoms with E-state index in [9.17, 15) is 28.8 Å². The van der Waals surface area contributed by atoms with Crippen LogP contribution < -0.4 is 17.1 Å². The summed E-state index contributed by atoms with van der Waals surface area (Å²) in [6.45, 7) is 5.18. The van der Waals surface area contributed by atoms with Crippen molar-refractivity contribution < 1.29 is 28.6 Å². The Hall–Kier alpha value is -3.96. The summed E-state index contributed by atoms with van der Waals surface area (Å²) >= 11 is 0. The van der Waals surface area contributed by atoms with Crippen molar-refractivity contribution in [2.24, 2.45) is 0 Å². The minimum Gasteiger partial charge on any atom is -0.464 e. The second-order valence-electron chi connectivity index (χ2n) is 18.8. The summed E-state index contributed by atoms with van der Waals surface area (Å²) in [5, 5.41) is 0. The number of esters is 3. The van der Waals surface area contributed by atoms with Gasteiger partial charge in [0, 0.05) is 19.3 Å². The number of nitrogens with zero attached hydrogens (tertiary/aromatic N) is 3. The quantitative estimate of drug-likeness (QED) is 0.0270. The van der Waals surface area contributed by atoms with Gasteiger partial charge in [-0.05, 0) is 96.3 Å². The lowest BCUT2D eigenvalue weighted by Gasteiger charge is -2.14. The van der Waals surface area contributed by atoms with E-state index < -0.39 is 35.0 Å². The Balaban J connectivity index is 2.67. The van der Waals surface area contributed by atoms with Crippen LogP contribution in [0.2, 0.25) is 0 Å². The van der Waals surface area contributed by atoms with Gasteiger partial charge < -0.3 is 14.2 Å². The Kier molecular flexibility index (Phi) is 42.4. The Bertz CT molecular complexity index is 1480. The maximum absolute atomic E-state index is 13.5. The third-order valence-electron chi connectivity index (χ3n) is 12.5. The molecule has 0 aliphatic heterocycles. The average molecular weight is 970 g/mol. The number of ether oxygens (including phenoxy) is 3. The van der Waals surface area contributed by atoms with Gasteiger partial charge in [0.25, 0.3) is 0 Å². The molecule has 0 saturated carbocycles. The van der Waals surface area contributed by atoms with Crippen molar-refractivity contribution in [3.63, 3.8) is 0 Å². The smallest absolute Gasteiger partial charge is 0.336 e. The van der Waals surface area contributed by atoms with Crippen LogP contribution in [-0.4, -0.2) is 51.4 Å². The Morgan fingerprint density at radius 1 is 0.319 bits per heavy atom. The Morgan fingerprint density at radius 3 is 0.754 bits per heavy atom. The van der Waals surface area contributed by atoms with Gasteiger partial charge in [-0.1, -0.05) is 173 Å². The van der Waals surface area contributed by atoms with Crippen LogP contribution in [0.25, 0.3) is 0 Å². The minimum atomic E-state index is -0.892. The number of hydrogen-bond acceptors (Lipinski definition) is 9. The third-order valence-corrected chi connectivity index (χ3v) is 12.5. The predicted octanol–water partition coefficient (Wildman–Crippen LogP) is 13.6. The molecule has 0 saturated heterocycles. The standard InChI is InChI=1S/C57H99N3O9/c1-4-7-10-13-16-19-22-25-28-31-34-37-40-43-52(61)67-49-46-58-55(64)59(47-50-68-53(62)44-41-38-35-32-29-26-23-20-17-14-11-8-5-2)57(66)60(56(58)65)48-51-69-54(63)45-42-39-36-33-30-27-24-21-18-15-12-9-6-3/h25-30H,4-24,31-51H2,1-3H3/b28-25+,29-26+,30-27+. The molecule has 69 heavy (non-hydrogen) atoms. The molecule has 12 nitrogen and oxygen atoms in total. The van der Waals surface area contributed by atoms with Crippen molar-refractivity contribution in [1.29, 1.82) is 0 Å². The zero-order valence-electron chi connectivity index (χ0n) is 44.2. The summed E-state index contributed by atoms with van der Waals surface area (Å²) in [6.07, 6.45) is 51.2. The van der Waals surface area contributed by atoms with E-state index in [-0.39, 0.29) is 58.7 Å². The van der Waals surface area contributed by atoms with E-state index in [4.69, 9.17) is 14.2 Å². The van der Waals surface area contributed by atoms with Crippen molar-refractivity contribution in [1.82, 2.24) is 13.7 Å². The van der Waals surface area contributed by atoms with Crippen LogP contribution in [0, 0.1) is 0 Å². The van der Waals surface area contributed by atoms with Crippen LogP contribution in [0.5, 0.6) is 0 Å². The number of unbranched alkanes of at least 4 members (excludes halogenated alkanes) is 27. The molecule has 0 aliphatic carbocycles. The van der Waals surface area contributed by atoms with Crippen molar-refractivity contribution in [3.8, 4) is 0 Å². The topological polar surface area (TPSA) is 145 Å². The fourth-order valence-electron chi connectivity index (χ4n) is 8.18. The highest BCUT2D eigenvalue weighted by Gasteiger charge is 2.17. The summed E-state index contributed by atoms with van der Waals surface area (Å²) in [6, 6.07) is 0. The average Bonchev–Trinajstić information content (AvgIpc) is 3.34. The monoisotopic (exact) mass is 970 g/mol. The van der Waals surface area contributed by atoms with Gasteiger partial charge in [0.15, 0.2) is 0 Å². The Morgan fingerprint density at radius 2 is 0.522 bits per heavy atom. The van der Waals surface area contributed by atoms with Crippen LogP contribution >= 0.6 is 0 Å². The number of carbonyl (C=O) groups excluding carboxylic acids is 3. The molecule has 0 aliphatic rings. The molecule has 0 radical (unpaired) electrons. The van der Waals surface area contributed by atoms with Crippen molar-refractivity contribution >= 4 is 17.9 Å². The van der Waals surface area contributed by atoms with Crippen molar-refractivity contribution in [2.45, 2.75) is 272 Å². The number of rotatable bonds is 48. The fourth-order valence-corrected chi connectivity index (χ4v) is 8.18. The SMILES string of the molecule is CCCCCCCC/C=C/CCCCCC(=O)OCCn1c(=O)n(CCOC(=O)CCCCC/C=C/CCCCCCCC)c(=O)n(CCOC(=O)CCCCC/C=C/CCCCCCCC)c1=O. The lowest BCUT2D eigenvalue weighted by molar-refractivity contribution is -0.144. The molecular weight excluding hydrogens is 871 g/mol. The van der Waals surface area contributed by atoms with Crippen LogP contribution in [0.15, 0.2) is 50.8 Å². The van der Waals surface area contributed by atoms with E-state index in [1.165, 1.54) is 116 Å². The molecule has 0 N–H and O–H groups in total. The van der Waals surface area contributed by atoms with Crippen LogP contribution in [-0.2, 0) is 48.2 Å². The number of hydrogen-bond donors (Lipinski definition) is 0. The summed E-state index contributed by atoms with van der Waals surface area (Å²) < 4.78 is 18.7. The molecule has 0 bridgehead atoms. The molecule has 0 atom stereocenters. The van der Waals surface area contributed by atoms with E-state index in [1.807, 2.05) is 0 Å². The molecule has 1 aromatic heterocycles. The van der Waals surface area contributed by atoms with Crippen LogP contribution in [0.3, 0.4) is 0 Å². The number of carbonyl (C=O) groups is 3. The zero-order valence-corrected chi connectivity index (χ0v) is 44.2. The zero-order chi connectivity index (χ0) is 50.3. The summed E-state index contributed by atoms with van der Waals surface area (Å²) in [4.78, 5) is 78.3. The summed E-state index contributed by atoms with van der Waals surface area (Å²) in [5.74, 6) is -1.27. The normalized spacial score (nSPS) is 11.7. The number of aromatic nitrogens is 3. The molecule has 0 spiro atoms. The molecule has 0 unspecified atom stereocenters. The second-order valence-corrected chi connectivity index (χ2v) is 18.8. The van der Waals surface area contributed by atoms with Gasteiger partial charge in [-0.25, -0.2) is 28.1 Å². The largest absolute Gasteiger partial charge is 0.464 e. The van der Waals surface area contributed by atoms with Gasteiger partial charge in [0.1, 0.15) is 19.8 Å². The minimum absolute atomic E-state index is 0.226. The van der Waals surface area contributed by atoms with Gasteiger partial charge in [-0.3, -0.25) is 14.4 Å². The van der Waals surface area contributed by atoms with E-state index in [0.717, 1.165) is 90.8 Å². The van der Waals surface area contributed by atoms with Gasteiger partial charge in [0.05, 0.1) is 19.6 Å². The first-order chi connectivity index (χ1) is 33.8. The highest BCUT2D eigenvalue weighted by Crippen LogP contribution is 2.12. The Labute approximate surface area is 418 Å². The first-order valence-corrected chi connectivity index (χ1v) is 28.1. The van der Waals surface area contributed by atoms with Gasteiger partial charge >= 0.3 is 35.0 Å². The van der Waals surface area contributed by atoms with E-state index in [2.05, 4.69) is 57.2 Å². The van der Waals surface area contributed by atoms with Crippen LogP contribution in [0.4, 0.5) is 0 Å². The molecule has 396 valence electrons. The van der Waals surface area contributed by atoms with Crippen molar-refractivity contribution in [2.75, 3.05) is 19.8 Å². The first kappa shape index (κ1) is 63.1. The van der Waals surface area contributed by atoms with Gasteiger partial charge in [-0.15, -0.1) is 0 Å². The first-order valence-electron chi connectivity index (χ1n) is 28.1. The van der Waals surface area contributed by atoms with E-state index in [0.29, 0.717) is 19.3 Å². The fraction of sp³-hybridized carbons (Fsp3) is 0.789. The molecular formula is C57H99N3O9. The molecule has 1 rings (SSSR count). The maximum Gasteiger partial charge on any atom is 0.336 e. The molecule has 12 heteroatoms. The van der Waals surface area contributed by atoms with Crippen LogP contribution in [0.1, 0.15) is 252 Å². The lowest BCUT2D eigenvalue weighted by Crippen LogP contribution is -2.55. The molecule has 0 amide bonds. The van der Waals surface area contributed by atoms with E-state index >= 15 is 0 Å². The lowest BCUT2D eigenvalue weighted by atomic mass is 10.1.